The second-order valence-corrected chi connectivity index (χ2v) is 5.92. The largest absolute Gasteiger partial charge is 0.488 e. The summed E-state index contributed by atoms with van der Waals surface area (Å²) < 4.78 is 16.4. The van der Waals surface area contributed by atoms with Gasteiger partial charge in [0.1, 0.15) is 0 Å². The molecule has 1 heterocycles. The van der Waals surface area contributed by atoms with Gasteiger partial charge in [-0.2, -0.15) is 0 Å². The molecule has 0 aliphatic rings. The highest BCUT2D eigenvalue weighted by Gasteiger charge is 2.15. The number of pyridine rings is 1. The number of methoxy groups -OCH3 is 1. The minimum atomic E-state index is 0.433. The maximum Gasteiger partial charge on any atom is 0.256 e. The van der Waals surface area contributed by atoms with Crippen LogP contribution in [0.4, 0.5) is 0 Å². The standard InChI is InChI=1S/C17H28ClNO3/c1-5-21-7-6-8-22-16-10-14(12-19-17(16)20-4)9-15(11-18)13(2)3/h10,12-13,15H,5-9,11H2,1-4H3/t15-/m0/s1. The Bertz CT molecular complexity index is 426. The molecule has 0 amide bonds. The molecule has 1 aromatic rings. The molecule has 1 aromatic heterocycles. The number of nitrogens with zero attached hydrogens (tertiary/aromatic N) is 1. The third-order valence-corrected chi connectivity index (χ3v) is 4.00. The van der Waals surface area contributed by atoms with Gasteiger partial charge in [0.15, 0.2) is 5.75 Å². The molecule has 4 nitrogen and oxygen atoms in total. The monoisotopic (exact) mass is 329 g/mol. The maximum absolute atomic E-state index is 6.05. The molecule has 0 aliphatic heterocycles. The Hall–Kier alpha value is -1.00. The molecule has 22 heavy (non-hydrogen) atoms. The first-order valence-corrected chi connectivity index (χ1v) is 8.45. The van der Waals surface area contributed by atoms with Crippen molar-refractivity contribution >= 4 is 11.6 Å². The zero-order chi connectivity index (χ0) is 16.4. The van der Waals surface area contributed by atoms with Gasteiger partial charge in [0.05, 0.1) is 13.7 Å². The van der Waals surface area contributed by atoms with Crippen LogP contribution < -0.4 is 9.47 Å². The van der Waals surface area contributed by atoms with Crippen molar-refractivity contribution in [3.8, 4) is 11.6 Å². The highest BCUT2D eigenvalue weighted by atomic mass is 35.5. The molecule has 126 valence electrons. The normalized spacial score (nSPS) is 12.5. The Labute approximate surface area is 139 Å². The summed E-state index contributed by atoms with van der Waals surface area (Å²) in [6.45, 7) is 8.39. The van der Waals surface area contributed by atoms with Crippen LogP contribution in [-0.2, 0) is 11.2 Å². The molecule has 1 rings (SSSR count). The molecule has 0 fully saturated rings. The lowest BCUT2D eigenvalue weighted by Crippen LogP contribution is -2.14. The third kappa shape index (κ3) is 6.41. The van der Waals surface area contributed by atoms with Crippen LogP contribution in [0.15, 0.2) is 12.3 Å². The van der Waals surface area contributed by atoms with E-state index in [1.165, 1.54) is 0 Å². The molecule has 0 radical (unpaired) electrons. The van der Waals surface area contributed by atoms with Crippen LogP contribution >= 0.6 is 11.6 Å². The number of hydrogen-bond acceptors (Lipinski definition) is 4. The quantitative estimate of drug-likeness (QED) is 0.455. The molecule has 5 heteroatoms. The van der Waals surface area contributed by atoms with Crippen LogP contribution in [0.5, 0.6) is 11.6 Å². The number of hydrogen-bond donors (Lipinski definition) is 0. The van der Waals surface area contributed by atoms with E-state index in [0.717, 1.165) is 25.0 Å². The fraction of sp³-hybridized carbons (Fsp3) is 0.706. The number of alkyl halides is 1. The van der Waals surface area contributed by atoms with Gasteiger partial charge in [-0.3, -0.25) is 0 Å². The smallest absolute Gasteiger partial charge is 0.256 e. The van der Waals surface area contributed by atoms with Crippen molar-refractivity contribution in [3.05, 3.63) is 17.8 Å². The maximum atomic E-state index is 6.05. The second kappa shape index (κ2) is 10.7. The van der Waals surface area contributed by atoms with Crippen LogP contribution in [0.2, 0.25) is 0 Å². The first kappa shape index (κ1) is 19.0. The fourth-order valence-electron chi connectivity index (χ4n) is 2.10. The van der Waals surface area contributed by atoms with E-state index in [9.17, 15) is 0 Å². The van der Waals surface area contributed by atoms with E-state index in [-0.39, 0.29) is 0 Å². The van der Waals surface area contributed by atoms with Gasteiger partial charge in [0, 0.05) is 31.7 Å². The summed E-state index contributed by atoms with van der Waals surface area (Å²) in [5.74, 6) is 2.83. The molecule has 1 atom stereocenters. The molecule has 0 unspecified atom stereocenters. The van der Waals surface area contributed by atoms with Crippen molar-refractivity contribution in [2.45, 2.75) is 33.6 Å². The van der Waals surface area contributed by atoms with Gasteiger partial charge in [-0.25, -0.2) is 4.98 Å². The fourth-order valence-corrected chi connectivity index (χ4v) is 2.56. The minimum Gasteiger partial charge on any atom is -0.488 e. The summed E-state index contributed by atoms with van der Waals surface area (Å²) in [6, 6.07) is 2.01. The van der Waals surface area contributed by atoms with Gasteiger partial charge in [-0.1, -0.05) is 13.8 Å². The van der Waals surface area contributed by atoms with Crippen LogP contribution in [0.3, 0.4) is 0 Å². The molecule has 0 aromatic carbocycles. The number of rotatable bonds is 11. The summed E-state index contributed by atoms with van der Waals surface area (Å²) in [5, 5.41) is 0. The lowest BCUT2D eigenvalue weighted by Gasteiger charge is -2.18. The van der Waals surface area contributed by atoms with E-state index in [1.54, 1.807) is 7.11 Å². The van der Waals surface area contributed by atoms with Crippen LogP contribution in [0.1, 0.15) is 32.8 Å². The summed E-state index contributed by atoms with van der Waals surface area (Å²) >= 11 is 6.05. The lowest BCUT2D eigenvalue weighted by atomic mass is 9.91. The highest BCUT2D eigenvalue weighted by Crippen LogP contribution is 2.27. The van der Waals surface area contributed by atoms with Gasteiger partial charge in [-0.05, 0) is 36.8 Å². The summed E-state index contributed by atoms with van der Waals surface area (Å²) in [4.78, 5) is 4.34. The number of ether oxygens (including phenoxy) is 3. The van der Waals surface area contributed by atoms with Crippen LogP contribution in [0.25, 0.3) is 0 Å². The molecule has 0 bridgehead atoms. The highest BCUT2D eigenvalue weighted by molar-refractivity contribution is 6.18. The van der Waals surface area contributed by atoms with Gasteiger partial charge in [-0.15, -0.1) is 11.6 Å². The summed E-state index contributed by atoms with van der Waals surface area (Å²) in [7, 11) is 1.60. The van der Waals surface area contributed by atoms with Crippen molar-refractivity contribution in [2.24, 2.45) is 11.8 Å². The van der Waals surface area contributed by atoms with Gasteiger partial charge >= 0.3 is 0 Å². The van der Waals surface area contributed by atoms with E-state index in [4.69, 9.17) is 25.8 Å². The third-order valence-electron chi connectivity index (χ3n) is 3.60. The van der Waals surface area contributed by atoms with Crippen molar-refractivity contribution in [2.75, 3.05) is 32.8 Å². The number of aromatic nitrogens is 1. The molecule has 0 N–H and O–H groups in total. The van der Waals surface area contributed by atoms with Crippen molar-refractivity contribution < 1.29 is 14.2 Å². The zero-order valence-corrected chi connectivity index (χ0v) is 14.9. The van der Waals surface area contributed by atoms with E-state index in [0.29, 0.717) is 42.6 Å². The first-order chi connectivity index (χ1) is 10.6. The number of halogens is 1. The summed E-state index contributed by atoms with van der Waals surface area (Å²) in [6.07, 6.45) is 3.58. The minimum absolute atomic E-state index is 0.433. The van der Waals surface area contributed by atoms with Gasteiger partial charge in [0.2, 0.25) is 0 Å². The van der Waals surface area contributed by atoms with Crippen LogP contribution in [-0.4, -0.2) is 37.8 Å². The Morgan fingerprint density at radius 1 is 1.27 bits per heavy atom. The van der Waals surface area contributed by atoms with Crippen LogP contribution in [0, 0.1) is 11.8 Å². The van der Waals surface area contributed by atoms with Crippen molar-refractivity contribution in [1.29, 1.82) is 0 Å². The predicted molar refractivity (Wildman–Crippen MR) is 90.1 cm³/mol. The SMILES string of the molecule is CCOCCCOc1cc(C[C@@H](CCl)C(C)C)cnc1OC. The first-order valence-electron chi connectivity index (χ1n) is 7.91. The molecule has 0 saturated heterocycles. The molecule has 0 aliphatic carbocycles. The molecule has 0 saturated carbocycles. The lowest BCUT2D eigenvalue weighted by molar-refractivity contribution is 0.130. The molecular formula is C17H28ClNO3. The zero-order valence-electron chi connectivity index (χ0n) is 14.1. The van der Waals surface area contributed by atoms with E-state index in [1.807, 2.05) is 19.2 Å². The van der Waals surface area contributed by atoms with Crippen molar-refractivity contribution in [1.82, 2.24) is 4.98 Å². The average Bonchev–Trinajstić information content (AvgIpc) is 2.52. The van der Waals surface area contributed by atoms with E-state index in [2.05, 4.69) is 18.8 Å². The Morgan fingerprint density at radius 3 is 2.64 bits per heavy atom. The van der Waals surface area contributed by atoms with Gasteiger partial charge < -0.3 is 14.2 Å². The average molecular weight is 330 g/mol. The van der Waals surface area contributed by atoms with E-state index >= 15 is 0 Å². The van der Waals surface area contributed by atoms with E-state index < -0.39 is 0 Å². The summed E-state index contributed by atoms with van der Waals surface area (Å²) in [5.41, 5.74) is 1.12. The van der Waals surface area contributed by atoms with Crippen molar-refractivity contribution in [3.63, 3.8) is 0 Å². The topological polar surface area (TPSA) is 40.6 Å². The molecular weight excluding hydrogens is 302 g/mol. The Kier molecular flexibility index (Phi) is 9.25. The predicted octanol–water partition coefficient (Wildman–Crippen LogP) is 3.95. The molecule has 0 spiro atoms. The second-order valence-electron chi connectivity index (χ2n) is 5.61. The van der Waals surface area contributed by atoms with Gasteiger partial charge in [0.25, 0.3) is 5.88 Å². The Morgan fingerprint density at radius 2 is 2.05 bits per heavy atom. The Balaban J connectivity index is 2.67.